The Morgan fingerprint density at radius 1 is 1.60 bits per heavy atom. The number of carbonyl (C=O) groups excluding carboxylic acids is 1. The summed E-state index contributed by atoms with van der Waals surface area (Å²) in [7, 11) is 0. The van der Waals surface area contributed by atoms with Crippen molar-refractivity contribution in [1.82, 2.24) is 5.32 Å². The number of hydrogen-bond donors (Lipinski definition) is 1. The summed E-state index contributed by atoms with van der Waals surface area (Å²) >= 11 is 7.41. The summed E-state index contributed by atoms with van der Waals surface area (Å²) in [4.78, 5) is 10.9. The summed E-state index contributed by atoms with van der Waals surface area (Å²) in [5.41, 5.74) is 0.888. The lowest BCUT2D eigenvalue weighted by molar-refractivity contribution is -0.122. The van der Waals surface area contributed by atoms with Gasteiger partial charge in [0.2, 0.25) is 5.91 Å². The molecular weight excluding hydrogens is 230 g/mol. The van der Waals surface area contributed by atoms with E-state index in [1.807, 2.05) is 11.4 Å². The highest BCUT2D eigenvalue weighted by molar-refractivity contribution is 7.14. The third kappa shape index (κ3) is 2.74. The summed E-state index contributed by atoms with van der Waals surface area (Å²) in [6.45, 7) is 0.660. The van der Waals surface area contributed by atoms with Gasteiger partial charge in [-0.2, -0.15) is 0 Å². The molecule has 1 aromatic heterocycles. The predicted molar refractivity (Wildman–Crippen MR) is 61.9 cm³/mol. The molecule has 2 nitrogen and oxygen atoms in total. The highest BCUT2D eigenvalue weighted by Gasteiger charge is 2.15. The molecule has 1 atom stereocenters. The van der Waals surface area contributed by atoms with Crippen LogP contribution in [-0.4, -0.2) is 12.5 Å². The highest BCUT2D eigenvalue weighted by Crippen LogP contribution is 2.21. The van der Waals surface area contributed by atoms with Gasteiger partial charge in [-0.05, 0) is 17.9 Å². The van der Waals surface area contributed by atoms with Crippen LogP contribution in [0.15, 0.2) is 11.4 Å². The number of carbonyl (C=O) groups is 1. The molecule has 1 N–H and O–H groups in total. The molecule has 0 aromatic carbocycles. The first-order valence-electron chi connectivity index (χ1n) is 4.77. The van der Waals surface area contributed by atoms with Crippen LogP contribution in [0.5, 0.6) is 0 Å². The van der Waals surface area contributed by atoms with Crippen LogP contribution in [-0.2, 0) is 4.79 Å². The topological polar surface area (TPSA) is 29.1 Å². The second-order valence-electron chi connectivity index (χ2n) is 3.42. The standard InChI is InChI=1S/C11H10ClNOS/c12-11-9(5-6-15-11)3-1-8-2-4-10(14)13-7-8/h5-6,8H,2,4,7H2,(H,13,14). The number of rotatable bonds is 0. The Kier molecular flexibility index (Phi) is 3.30. The van der Waals surface area contributed by atoms with Crippen molar-refractivity contribution >= 4 is 28.8 Å². The first-order chi connectivity index (χ1) is 7.25. The summed E-state index contributed by atoms with van der Waals surface area (Å²) in [6.07, 6.45) is 1.43. The summed E-state index contributed by atoms with van der Waals surface area (Å²) in [6, 6.07) is 1.92. The van der Waals surface area contributed by atoms with Crippen molar-refractivity contribution in [3.8, 4) is 11.8 Å². The minimum Gasteiger partial charge on any atom is -0.355 e. The van der Waals surface area contributed by atoms with Gasteiger partial charge in [0, 0.05) is 18.9 Å². The second-order valence-corrected chi connectivity index (χ2v) is 4.94. The van der Waals surface area contributed by atoms with Crippen LogP contribution in [0.3, 0.4) is 0 Å². The van der Waals surface area contributed by atoms with Crippen molar-refractivity contribution in [3.05, 3.63) is 21.3 Å². The third-order valence-electron chi connectivity index (χ3n) is 2.29. The summed E-state index contributed by atoms with van der Waals surface area (Å²) in [5, 5.41) is 4.73. The van der Waals surface area contributed by atoms with Crippen molar-refractivity contribution in [2.75, 3.05) is 6.54 Å². The van der Waals surface area contributed by atoms with Crippen molar-refractivity contribution in [3.63, 3.8) is 0 Å². The molecule has 1 amide bonds. The molecule has 0 spiro atoms. The van der Waals surface area contributed by atoms with Crippen LogP contribution in [0, 0.1) is 17.8 Å². The number of thiophene rings is 1. The lowest BCUT2D eigenvalue weighted by Gasteiger charge is -2.16. The molecular formula is C11H10ClNOS. The molecule has 4 heteroatoms. The Morgan fingerprint density at radius 2 is 2.47 bits per heavy atom. The minimum absolute atomic E-state index is 0.126. The Hall–Kier alpha value is -0.980. The molecule has 78 valence electrons. The van der Waals surface area contributed by atoms with E-state index in [2.05, 4.69) is 17.2 Å². The Morgan fingerprint density at radius 3 is 3.07 bits per heavy atom. The van der Waals surface area contributed by atoms with E-state index in [1.54, 1.807) is 0 Å². The molecule has 1 fully saturated rings. The van der Waals surface area contributed by atoms with Crippen LogP contribution in [0.25, 0.3) is 0 Å². The molecule has 0 saturated carbocycles. The van der Waals surface area contributed by atoms with E-state index in [0.717, 1.165) is 16.3 Å². The number of nitrogens with one attached hydrogen (secondary N) is 1. The van der Waals surface area contributed by atoms with Gasteiger partial charge in [-0.25, -0.2) is 0 Å². The van der Waals surface area contributed by atoms with Gasteiger partial charge in [-0.3, -0.25) is 4.79 Å². The number of amides is 1. The van der Waals surface area contributed by atoms with Crippen molar-refractivity contribution < 1.29 is 4.79 Å². The van der Waals surface area contributed by atoms with E-state index in [-0.39, 0.29) is 11.8 Å². The Balaban J connectivity index is 2.00. The lowest BCUT2D eigenvalue weighted by Crippen LogP contribution is -2.34. The molecule has 15 heavy (non-hydrogen) atoms. The number of halogens is 1. The lowest BCUT2D eigenvalue weighted by atomic mass is 10.00. The summed E-state index contributed by atoms with van der Waals surface area (Å²) in [5.74, 6) is 6.59. The van der Waals surface area contributed by atoms with Gasteiger partial charge in [0.15, 0.2) is 0 Å². The molecule has 0 radical (unpaired) electrons. The first kappa shape index (κ1) is 10.5. The largest absolute Gasteiger partial charge is 0.355 e. The fraction of sp³-hybridized carbons (Fsp3) is 0.364. The van der Waals surface area contributed by atoms with Crippen LogP contribution in [0.4, 0.5) is 0 Å². The fourth-order valence-corrected chi connectivity index (χ4v) is 2.25. The molecule has 1 aliphatic heterocycles. The smallest absolute Gasteiger partial charge is 0.220 e. The molecule has 2 heterocycles. The van der Waals surface area contributed by atoms with Gasteiger partial charge < -0.3 is 5.32 Å². The van der Waals surface area contributed by atoms with E-state index in [9.17, 15) is 4.79 Å². The zero-order valence-electron chi connectivity index (χ0n) is 8.05. The highest BCUT2D eigenvalue weighted by atomic mass is 35.5. The van der Waals surface area contributed by atoms with Gasteiger partial charge >= 0.3 is 0 Å². The molecule has 1 unspecified atom stereocenters. The average Bonchev–Trinajstić information content (AvgIpc) is 2.63. The Labute approximate surface area is 97.6 Å². The maximum atomic E-state index is 10.9. The molecule has 1 aliphatic rings. The maximum absolute atomic E-state index is 10.9. The second kappa shape index (κ2) is 4.69. The average molecular weight is 240 g/mol. The first-order valence-corrected chi connectivity index (χ1v) is 6.02. The predicted octanol–water partition coefficient (Wildman–Crippen LogP) is 2.28. The van der Waals surface area contributed by atoms with Gasteiger partial charge in [0.25, 0.3) is 0 Å². The van der Waals surface area contributed by atoms with Crippen LogP contribution in [0.2, 0.25) is 4.34 Å². The molecule has 1 aromatic rings. The monoisotopic (exact) mass is 239 g/mol. The van der Waals surface area contributed by atoms with Crippen molar-refractivity contribution in [2.24, 2.45) is 5.92 Å². The van der Waals surface area contributed by atoms with Crippen LogP contribution >= 0.6 is 22.9 Å². The van der Waals surface area contributed by atoms with Gasteiger partial charge in [0.1, 0.15) is 4.34 Å². The van der Waals surface area contributed by atoms with Gasteiger partial charge in [0.05, 0.1) is 5.56 Å². The molecule has 1 saturated heterocycles. The van der Waals surface area contributed by atoms with Crippen molar-refractivity contribution in [2.45, 2.75) is 12.8 Å². The Bertz CT molecular complexity index is 419. The van der Waals surface area contributed by atoms with E-state index >= 15 is 0 Å². The fourth-order valence-electron chi connectivity index (χ4n) is 1.42. The third-order valence-corrected chi connectivity index (χ3v) is 3.46. The van der Waals surface area contributed by atoms with Gasteiger partial charge in [-0.1, -0.05) is 23.4 Å². The normalized spacial score (nSPS) is 20.3. The van der Waals surface area contributed by atoms with E-state index in [4.69, 9.17) is 11.6 Å². The quantitative estimate of drug-likeness (QED) is 0.692. The SMILES string of the molecule is O=C1CCC(C#Cc2ccsc2Cl)CN1. The maximum Gasteiger partial charge on any atom is 0.220 e. The minimum atomic E-state index is 0.126. The number of hydrogen-bond acceptors (Lipinski definition) is 2. The summed E-state index contributed by atoms with van der Waals surface area (Å²) < 4.78 is 0.738. The zero-order chi connectivity index (χ0) is 10.7. The van der Waals surface area contributed by atoms with Gasteiger partial charge in [-0.15, -0.1) is 11.3 Å². The van der Waals surface area contributed by atoms with Crippen LogP contribution < -0.4 is 5.32 Å². The van der Waals surface area contributed by atoms with Crippen molar-refractivity contribution in [1.29, 1.82) is 0 Å². The number of piperidine rings is 1. The zero-order valence-corrected chi connectivity index (χ0v) is 9.62. The molecule has 0 aliphatic carbocycles. The van der Waals surface area contributed by atoms with Crippen LogP contribution in [0.1, 0.15) is 18.4 Å². The van der Waals surface area contributed by atoms with E-state index in [0.29, 0.717) is 13.0 Å². The van der Waals surface area contributed by atoms with E-state index in [1.165, 1.54) is 11.3 Å². The van der Waals surface area contributed by atoms with E-state index < -0.39 is 0 Å². The molecule has 2 rings (SSSR count). The molecule has 0 bridgehead atoms.